The van der Waals surface area contributed by atoms with Crippen LogP contribution >= 0.6 is 11.3 Å². The van der Waals surface area contributed by atoms with Gasteiger partial charge in [0.15, 0.2) is 5.13 Å². The van der Waals surface area contributed by atoms with Crippen LogP contribution in [0.4, 0.5) is 5.13 Å². The summed E-state index contributed by atoms with van der Waals surface area (Å²) in [4.78, 5) is 19.3. The predicted molar refractivity (Wildman–Crippen MR) is 108 cm³/mol. The van der Waals surface area contributed by atoms with E-state index < -0.39 is 0 Å². The van der Waals surface area contributed by atoms with Gasteiger partial charge in [-0.25, -0.2) is 4.98 Å². The summed E-state index contributed by atoms with van der Waals surface area (Å²) in [6, 6.07) is 8.88. The number of ether oxygens (including phenoxy) is 1. The molecule has 29 heavy (non-hydrogen) atoms. The van der Waals surface area contributed by atoms with Crippen molar-refractivity contribution in [3.05, 3.63) is 47.5 Å². The standard InChI is InChI=1S/C20H21N5O3S/c26-18(25-5-7-27-8-6-25)11-17-23-24-19(28-17)16-12-21-20(29-16)22-15-9-13-3-1-2-4-14(13)10-15/h1-4,12,15H,5-11H2,(H,21,22). The largest absolute Gasteiger partial charge is 0.419 e. The molecule has 1 aromatic carbocycles. The van der Waals surface area contributed by atoms with Crippen molar-refractivity contribution in [3.8, 4) is 10.8 Å². The molecule has 1 amide bonds. The number of nitrogens with zero attached hydrogens (tertiary/aromatic N) is 4. The average Bonchev–Trinajstić information content (AvgIpc) is 3.48. The van der Waals surface area contributed by atoms with Crippen LogP contribution in [0.3, 0.4) is 0 Å². The highest BCUT2D eigenvalue weighted by Crippen LogP contribution is 2.30. The number of thiazole rings is 1. The first kappa shape index (κ1) is 18.3. The second kappa shape index (κ2) is 7.92. The molecule has 1 aliphatic carbocycles. The van der Waals surface area contributed by atoms with Gasteiger partial charge in [-0.2, -0.15) is 0 Å². The summed E-state index contributed by atoms with van der Waals surface area (Å²) in [5, 5.41) is 12.5. The minimum absolute atomic E-state index is 0.0176. The summed E-state index contributed by atoms with van der Waals surface area (Å²) in [7, 11) is 0. The maximum absolute atomic E-state index is 12.3. The second-order valence-electron chi connectivity index (χ2n) is 7.22. The summed E-state index contributed by atoms with van der Waals surface area (Å²) >= 11 is 1.48. The number of hydrogen-bond acceptors (Lipinski definition) is 8. The Morgan fingerprint density at radius 2 is 1.93 bits per heavy atom. The molecule has 0 unspecified atom stereocenters. The van der Waals surface area contributed by atoms with Crippen LogP contribution in [0.2, 0.25) is 0 Å². The summed E-state index contributed by atoms with van der Waals surface area (Å²) in [5.41, 5.74) is 2.79. The molecule has 3 aromatic rings. The van der Waals surface area contributed by atoms with E-state index in [-0.39, 0.29) is 12.3 Å². The third-order valence-electron chi connectivity index (χ3n) is 5.23. The van der Waals surface area contributed by atoms with Crippen molar-refractivity contribution in [1.82, 2.24) is 20.1 Å². The van der Waals surface area contributed by atoms with E-state index in [0.29, 0.717) is 44.1 Å². The Hall–Kier alpha value is -2.78. The highest BCUT2D eigenvalue weighted by molar-refractivity contribution is 7.18. The Morgan fingerprint density at radius 1 is 1.17 bits per heavy atom. The fraction of sp³-hybridized carbons (Fsp3) is 0.400. The molecule has 5 rings (SSSR count). The zero-order valence-electron chi connectivity index (χ0n) is 15.8. The minimum Gasteiger partial charge on any atom is -0.419 e. The van der Waals surface area contributed by atoms with Gasteiger partial charge in [0, 0.05) is 19.1 Å². The molecule has 1 aliphatic heterocycles. The van der Waals surface area contributed by atoms with Crippen molar-refractivity contribution in [2.24, 2.45) is 0 Å². The molecule has 8 nitrogen and oxygen atoms in total. The van der Waals surface area contributed by atoms with Gasteiger partial charge in [0.1, 0.15) is 11.3 Å². The maximum atomic E-state index is 12.3. The molecule has 1 saturated heterocycles. The molecule has 0 bridgehead atoms. The molecular weight excluding hydrogens is 390 g/mol. The van der Waals surface area contributed by atoms with Gasteiger partial charge in [0.2, 0.25) is 11.8 Å². The summed E-state index contributed by atoms with van der Waals surface area (Å²) in [5.74, 6) is 0.705. The number of morpholine rings is 1. The molecule has 2 aromatic heterocycles. The fourth-order valence-electron chi connectivity index (χ4n) is 3.75. The number of carbonyl (C=O) groups excluding carboxylic acids is 1. The minimum atomic E-state index is -0.0176. The smallest absolute Gasteiger partial charge is 0.259 e. The zero-order valence-corrected chi connectivity index (χ0v) is 16.7. The van der Waals surface area contributed by atoms with E-state index in [1.165, 1.54) is 22.5 Å². The lowest BCUT2D eigenvalue weighted by Crippen LogP contribution is -2.41. The molecule has 0 atom stereocenters. The summed E-state index contributed by atoms with van der Waals surface area (Å²) in [6.45, 7) is 2.36. The number of nitrogens with one attached hydrogen (secondary N) is 1. The molecule has 0 radical (unpaired) electrons. The lowest BCUT2D eigenvalue weighted by Gasteiger charge is -2.26. The quantitative estimate of drug-likeness (QED) is 0.688. The normalized spacial score (nSPS) is 16.8. The molecule has 150 valence electrons. The molecule has 2 aliphatic rings. The van der Waals surface area contributed by atoms with Crippen LogP contribution in [-0.2, 0) is 28.8 Å². The monoisotopic (exact) mass is 411 g/mol. The van der Waals surface area contributed by atoms with E-state index in [2.05, 4.69) is 44.8 Å². The number of anilines is 1. The van der Waals surface area contributed by atoms with Gasteiger partial charge in [-0.05, 0) is 24.0 Å². The molecule has 0 spiro atoms. The highest BCUT2D eigenvalue weighted by atomic mass is 32.1. The number of rotatable bonds is 5. The number of amides is 1. The van der Waals surface area contributed by atoms with Gasteiger partial charge in [-0.1, -0.05) is 35.6 Å². The molecule has 0 saturated carbocycles. The molecule has 3 heterocycles. The highest BCUT2D eigenvalue weighted by Gasteiger charge is 2.23. The first-order chi connectivity index (χ1) is 14.2. The first-order valence-corrected chi connectivity index (χ1v) is 10.5. The summed E-state index contributed by atoms with van der Waals surface area (Å²) in [6.07, 6.45) is 3.84. The Bertz CT molecular complexity index is 986. The number of aromatic nitrogens is 3. The first-order valence-electron chi connectivity index (χ1n) is 9.72. The predicted octanol–water partition coefficient (Wildman–Crippen LogP) is 2.17. The third kappa shape index (κ3) is 4.01. The maximum Gasteiger partial charge on any atom is 0.259 e. The van der Waals surface area contributed by atoms with Crippen molar-refractivity contribution >= 4 is 22.4 Å². The van der Waals surface area contributed by atoms with Crippen LogP contribution in [-0.4, -0.2) is 58.3 Å². The van der Waals surface area contributed by atoms with Crippen LogP contribution in [0.5, 0.6) is 0 Å². The van der Waals surface area contributed by atoms with Crippen LogP contribution in [0.15, 0.2) is 34.9 Å². The third-order valence-corrected chi connectivity index (χ3v) is 6.14. The summed E-state index contributed by atoms with van der Waals surface area (Å²) < 4.78 is 11.0. The van der Waals surface area contributed by atoms with Crippen LogP contribution < -0.4 is 5.32 Å². The number of benzene rings is 1. The van der Waals surface area contributed by atoms with E-state index >= 15 is 0 Å². The van der Waals surface area contributed by atoms with Crippen LogP contribution in [0.25, 0.3) is 10.8 Å². The fourth-order valence-corrected chi connectivity index (χ4v) is 4.57. The Balaban J connectivity index is 1.20. The molecule has 1 N–H and O–H groups in total. The van der Waals surface area contributed by atoms with Crippen molar-refractivity contribution in [2.45, 2.75) is 25.3 Å². The molecule has 1 fully saturated rings. The van der Waals surface area contributed by atoms with E-state index in [1.807, 2.05) is 0 Å². The SMILES string of the molecule is O=C(Cc1nnc(-c2cnc(NC3Cc4ccccc4C3)s2)o1)N1CCOCC1. The number of hydrogen-bond donors (Lipinski definition) is 1. The van der Waals surface area contributed by atoms with Crippen LogP contribution in [0, 0.1) is 0 Å². The molecule has 9 heteroatoms. The Morgan fingerprint density at radius 3 is 2.69 bits per heavy atom. The lowest BCUT2D eigenvalue weighted by molar-refractivity contribution is -0.134. The number of carbonyl (C=O) groups is 1. The van der Waals surface area contributed by atoms with Crippen molar-refractivity contribution in [1.29, 1.82) is 0 Å². The zero-order chi connectivity index (χ0) is 19.6. The van der Waals surface area contributed by atoms with E-state index in [0.717, 1.165) is 22.9 Å². The Kier molecular flexibility index (Phi) is 4.99. The van der Waals surface area contributed by atoms with Crippen molar-refractivity contribution in [2.75, 3.05) is 31.6 Å². The lowest BCUT2D eigenvalue weighted by atomic mass is 10.1. The van der Waals surface area contributed by atoms with Crippen molar-refractivity contribution < 1.29 is 13.9 Å². The van der Waals surface area contributed by atoms with E-state index in [4.69, 9.17) is 9.15 Å². The van der Waals surface area contributed by atoms with Gasteiger partial charge in [-0.3, -0.25) is 4.79 Å². The van der Waals surface area contributed by atoms with Crippen LogP contribution in [0.1, 0.15) is 17.0 Å². The van der Waals surface area contributed by atoms with E-state index in [1.54, 1.807) is 11.1 Å². The van der Waals surface area contributed by atoms with Crippen molar-refractivity contribution in [3.63, 3.8) is 0 Å². The van der Waals surface area contributed by atoms with Gasteiger partial charge >= 0.3 is 0 Å². The Labute approximate surface area is 171 Å². The van der Waals surface area contributed by atoms with Gasteiger partial charge in [0.25, 0.3) is 5.89 Å². The van der Waals surface area contributed by atoms with Gasteiger partial charge in [-0.15, -0.1) is 10.2 Å². The topological polar surface area (TPSA) is 93.4 Å². The van der Waals surface area contributed by atoms with Gasteiger partial charge in [0.05, 0.1) is 19.4 Å². The van der Waals surface area contributed by atoms with E-state index in [9.17, 15) is 4.79 Å². The average molecular weight is 411 g/mol. The molecular formula is C20H21N5O3S. The second-order valence-corrected chi connectivity index (χ2v) is 8.25. The number of fused-ring (bicyclic) bond motifs is 1. The van der Waals surface area contributed by atoms with Gasteiger partial charge < -0.3 is 19.4 Å².